The smallest absolute Gasteiger partial charge is 0.243 e. The average molecular weight is 444 g/mol. The van der Waals surface area contributed by atoms with E-state index >= 15 is 0 Å². The quantitative estimate of drug-likeness (QED) is 0.598. The minimum atomic E-state index is -3.72. The van der Waals surface area contributed by atoms with E-state index in [1.807, 2.05) is 38.1 Å². The molecule has 1 aromatic heterocycles. The number of aromatic nitrogens is 1. The first-order chi connectivity index (χ1) is 14.8. The molecule has 164 valence electrons. The molecule has 0 bridgehead atoms. The van der Waals surface area contributed by atoms with Crippen molar-refractivity contribution >= 4 is 10.0 Å². The van der Waals surface area contributed by atoms with Crippen molar-refractivity contribution in [3.63, 3.8) is 0 Å². The van der Waals surface area contributed by atoms with Gasteiger partial charge >= 0.3 is 0 Å². The first-order valence-electron chi connectivity index (χ1n) is 10.3. The monoisotopic (exact) mass is 443 g/mol. The highest BCUT2D eigenvalue weighted by Gasteiger charge is 2.30. The number of piperazine rings is 1. The Morgan fingerprint density at radius 2 is 1.71 bits per heavy atom. The zero-order chi connectivity index (χ0) is 22.2. The predicted molar refractivity (Wildman–Crippen MR) is 117 cm³/mol. The average Bonchev–Trinajstić information content (AvgIpc) is 3.10. The lowest BCUT2D eigenvalue weighted by Crippen LogP contribution is -2.48. The lowest BCUT2D eigenvalue weighted by atomic mass is 10.1. The number of hydrogen-bond donors (Lipinski definition) is 0. The predicted octanol–water partition coefficient (Wildman–Crippen LogP) is 3.91. The number of nitrogens with zero attached hydrogens (tertiary/aromatic N) is 3. The fourth-order valence-electron chi connectivity index (χ4n) is 3.83. The summed E-state index contributed by atoms with van der Waals surface area (Å²) in [5, 5.41) is 0. The van der Waals surface area contributed by atoms with Gasteiger partial charge in [0.2, 0.25) is 15.9 Å². The summed E-state index contributed by atoms with van der Waals surface area (Å²) < 4.78 is 46.9. The van der Waals surface area contributed by atoms with Crippen LogP contribution in [-0.4, -0.2) is 48.8 Å². The van der Waals surface area contributed by atoms with E-state index in [0.717, 1.165) is 28.6 Å². The van der Waals surface area contributed by atoms with Crippen molar-refractivity contribution in [3.8, 4) is 11.5 Å². The second-order valence-corrected chi connectivity index (χ2v) is 9.83. The van der Waals surface area contributed by atoms with Gasteiger partial charge in [-0.3, -0.25) is 4.90 Å². The minimum absolute atomic E-state index is 0.0381. The molecule has 31 heavy (non-hydrogen) atoms. The van der Waals surface area contributed by atoms with E-state index in [1.54, 1.807) is 6.92 Å². The molecule has 0 atom stereocenters. The Morgan fingerprint density at radius 3 is 2.42 bits per heavy atom. The Morgan fingerprint density at radius 1 is 1.00 bits per heavy atom. The molecule has 0 aliphatic carbocycles. The zero-order valence-corrected chi connectivity index (χ0v) is 18.7. The first kappa shape index (κ1) is 21.7. The van der Waals surface area contributed by atoms with E-state index in [2.05, 4.69) is 9.88 Å². The number of aryl methyl sites for hydroxylation is 3. The second kappa shape index (κ2) is 8.53. The molecule has 3 aromatic rings. The Bertz CT molecular complexity index is 1200. The summed E-state index contributed by atoms with van der Waals surface area (Å²) in [4.78, 5) is 6.89. The summed E-state index contributed by atoms with van der Waals surface area (Å²) in [5.41, 5.74) is 3.47. The molecule has 1 aliphatic rings. The van der Waals surface area contributed by atoms with Gasteiger partial charge in [-0.2, -0.15) is 4.31 Å². The third-order valence-corrected chi connectivity index (χ3v) is 7.78. The Balaban J connectivity index is 1.44. The molecule has 4 rings (SSSR count). The van der Waals surface area contributed by atoms with E-state index in [0.29, 0.717) is 44.2 Å². The van der Waals surface area contributed by atoms with Gasteiger partial charge in [-0.1, -0.05) is 24.3 Å². The van der Waals surface area contributed by atoms with Crippen LogP contribution in [-0.2, 0) is 16.6 Å². The van der Waals surface area contributed by atoms with E-state index < -0.39 is 15.8 Å². The van der Waals surface area contributed by atoms with Crippen LogP contribution >= 0.6 is 0 Å². The molecule has 1 fully saturated rings. The van der Waals surface area contributed by atoms with Gasteiger partial charge in [0.25, 0.3) is 0 Å². The lowest BCUT2D eigenvalue weighted by Gasteiger charge is -2.33. The van der Waals surface area contributed by atoms with Crippen LogP contribution in [0.25, 0.3) is 11.5 Å². The van der Waals surface area contributed by atoms with Crippen LogP contribution in [0.2, 0.25) is 0 Å². The zero-order valence-electron chi connectivity index (χ0n) is 17.9. The molecule has 8 heteroatoms. The van der Waals surface area contributed by atoms with Gasteiger partial charge in [0.15, 0.2) is 0 Å². The maximum absolute atomic E-state index is 13.6. The molecule has 1 aliphatic heterocycles. The van der Waals surface area contributed by atoms with E-state index in [9.17, 15) is 12.8 Å². The molecule has 0 N–H and O–H groups in total. The first-order valence-corrected chi connectivity index (χ1v) is 11.7. The molecule has 2 aromatic carbocycles. The van der Waals surface area contributed by atoms with Crippen molar-refractivity contribution in [1.29, 1.82) is 0 Å². The fraction of sp³-hybridized carbons (Fsp3) is 0.348. The fourth-order valence-corrected chi connectivity index (χ4v) is 5.49. The molecule has 0 saturated carbocycles. The van der Waals surface area contributed by atoms with E-state index in [4.69, 9.17) is 4.42 Å². The van der Waals surface area contributed by atoms with Gasteiger partial charge in [-0.05, 0) is 50.1 Å². The van der Waals surface area contributed by atoms with Crippen molar-refractivity contribution in [1.82, 2.24) is 14.2 Å². The topological polar surface area (TPSA) is 66.7 Å². The van der Waals surface area contributed by atoms with E-state index in [-0.39, 0.29) is 4.90 Å². The van der Waals surface area contributed by atoms with Gasteiger partial charge < -0.3 is 4.42 Å². The normalized spacial score (nSPS) is 16.0. The summed E-state index contributed by atoms with van der Waals surface area (Å²) in [6.45, 7) is 8.03. The summed E-state index contributed by atoms with van der Waals surface area (Å²) in [6.07, 6.45) is 0. The molecule has 6 nitrogen and oxygen atoms in total. The van der Waals surface area contributed by atoms with Crippen molar-refractivity contribution < 1.29 is 17.2 Å². The molecule has 0 radical (unpaired) electrons. The molecular formula is C23H26FN3O3S. The molecule has 0 amide bonds. The van der Waals surface area contributed by atoms with Crippen molar-refractivity contribution in [2.45, 2.75) is 32.2 Å². The molecule has 0 spiro atoms. The van der Waals surface area contributed by atoms with Gasteiger partial charge in [-0.15, -0.1) is 0 Å². The number of hydrogen-bond acceptors (Lipinski definition) is 5. The van der Waals surface area contributed by atoms with Gasteiger partial charge in [0, 0.05) is 38.3 Å². The van der Waals surface area contributed by atoms with E-state index in [1.165, 1.54) is 16.4 Å². The summed E-state index contributed by atoms with van der Waals surface area (Å²) in [5.74, 6) is 0.825. The van der Waals surface area contributed by atoms with Crippen LogP contribution < -0.4 is 0 Å². The lowest BCUT2D eigenvalue weighted by molar-refractivity contribution is 0.179. The van der Waals surface area contributed by atoms with Crippen LogP contribution in [0.15, 0.2) is 51.8 Å². The van der Waals surface area contributed by atoms with Gasteiger partial charge in [-0.25, -0.2) is 17.8 Å². The summed E-state index contributed by atoms with van der Waals surface area (Å²) in [6, 6.07) is 11.8. The van der Waals surface area contributed by atoms with Crippen LogP contribution in [0, 0.1) is 26.6 Å². The van der Waals surface area contributed by atoms with Crippen molar-refractivity contribution in [2.75, 3.05) is 26.2 Å². The van der Waals surface area contributed by atoms with Crippen molar-refractivity contribution in [2.24, 2.45) is 0 Å². The van der Waals surface area contributed by atoms with Crippen LogP contribution in [0.4, 0.5) is 4.39 Å². The highest BCUT2D eigenvalue weighted by atomic mass is 32.2. The molecular weight excluding hydrogens is 417 g/mol. The minimum Gasteiger partial charge on any atom is -0.441 e. The maximum Gasteiger partial charge on any atom is 0.243 e. The number of benzene rings is 2. The molecule has 2 heterocycles. The van der Waals surface area contributed by atoms with Gasteiger partial charge in [0.1, 0.15) is 11.6 Å². The van der Waals surface area contributed by atoms with Crippen molar-refractivity contribution in [3.05, 3.63) is 70.9 Å². The largest absolute Gasteiger partial charge is 0.441 e. The van der Waals surface area contributed by atoms with Crippen LogP contribution in [0.1, 0.15) is 22.6 Å². The SMILES string of the molecule is Cc1ccccc1-c1nc(CN2CCN(S(=O)(=O)c3cc(F)ccc3C)CC2)c(C)o1. The number of oxazole rings is 1. The van der Waals surface area contributed by atoms with Gasteiger partial charge in [0.05, 0.1) is 10.6 Å². The highest BCUT2D eigenvalue weighted by molar-refractivity contribution is 7.89. The second-order valence-electron chi connectivity index (χ2n) is 7.93. The molecule has 0 unspecified atom stereocenters. The Kier molecular flexibility index (Phi) is 5.96. The number of halogens is 1. The highest BCUT2D eigenvalue weighted by Crippen LogP contribution is 2.26. The number of rotatable bonds is 5. The number of sulfonamides is 1. The van der Waals surface area contributed by atoms with Crippen LogP contribution in [0.5, 0.6) is 0 Å². The maximum atomic E-state index is 13.6. The third-order valence-electron chi connectivity index (χ3n) is 5.74. The summed E-state index contributed by atoms with van der Waals surface area (Å²) in [7, 11) is -3.72. The van der Waals surface area contributed by atoms with Crippen LogP contribution in [0.3, 0.4) is 0 Å². The molecule has 1 saturated heterocycles. The Hall–Kier alpha value is -2.55. The Labute approximate surface area is 182 Å². The summed E-state index contributed by atoms with van der Waals surface area (Å²) >= 11 is 0. The third kappa shape index (κ3) is 4.42. The standard InChI is InChI=1S/C23H26FN3O3S/c1-16-6-4-5-7-20(16)23-25-21(18(3)30-23)15-26-10-12-27(13-11-26)31(28,29)22-14-19(24)9-8-17(22)2/h4-9,14H,10-13,15H2,1-3H3.